The monoisotopic (exact) mass is 636 g/mol. The molecule has 4 heterocycles. The van der Waals surface area contributed by atoms with Crippen LogP contribution < -0.4 is 9.47 Å². The Kier molecular flexibility index (Phi) is 7.23. The maximum absolute atomic E-state index is 14.7. The molecule has 0 amide bonds. The number of alkyl halides is 3. The maximum atomic E-state index is 14.7. The molecule has 238 valence electrons. The highest BCUT2D eigenvalue weighted by Gasteiger charge is 2.45. The molecule has 4 aromatic rings. The number of benzene rings is 2. The van der Waals surface area contributed by atoms with Crippen LogP contribution >= 0.6 is 0 Å². The van der Waals surface area contributed by atoms with E-state index in [0.717, 1.165) is 61.7 Å². The molecule has 1 saturated carbocycles. The van der Waals surface area contributed by atoms with Crippen molar-refractivity contribution in [3.63, 3.8) is 0 Å². The number of aromatic amines is 1. The Labute approximate surface area is 261 Å². The molecule has 7 rings (SSSR count). The lowest BCUT2D eigenvalue weighted by molar-refractivity contribution is -0.144. The first-order valence-electron chi connectivity index (χ1n) is 15.0. The highest BCUT2D eigenvalue weighted by molar-refractivity contribution is 5.55. The number of pyridine rings is 1. The number of nitrogens with zero attached hydrogens (tertiary/aromatic N) is 5. The second-order valence-corrected chi connectivity index (χ2v) is 12.4. The molecular formula is C33H29F5N6O2. The van der Waals surface area contributed by atoms with Gasteiger partial charge < -0.3 is 9.47 Å². The van der Waals surface area contributed by atoms with E-state index >= 15 is 0 Å². The zero-order chi connectivity index (χ0) is 32.3. The molecule has 13 heteroatoms. The second-order valence-electron chi connectivity index (χ2n) is 12.4. The normalized spacial score (nSPS) is 20.9. The Bertz CT molecular complexity index is 1840. The van der Waals surface area contributed by atoms with Gasteiger partial charge in [0, 0.05) is 36.9 Å². The molecule has 1 aliphatic carbocycles. The summed E-state index contributed by atoms with van der Waals surface area (Å²) in [5.74, 6) is -2.95. The minimum atomic E-state index is -4.65. The van der Waals surface area contributed by atoms with Crippen molar-refractivity contribution in [3.8, 4) is 29.0 Å². The van der Waals surface area contributed by atoms with Crippen molar-refractivity contribution in [2.45, 2.75) is 63.5 Å². The molecule has 0 unspecified atom stereocenters. The summed E-state index contributed by atoms with van der Waals surface area (Å²) in [5, 5.41) is 15.4. The van der Waals surface area contributed by atoms with Gasteiger partial charge in [-0.15, -0.1) is 0 Å². The Morgan fingerprint density at radius 1 is 1.09 bits per heavy atom. The molecule has 1 saturated heterocycles. The van der Waals surface area contributed by atoms with E-state index in [9.17, 15) is 27.2 Å². The Morgan fingerprint density at radius 2 is 1.87 bits per heavy atom. The van der Waals surface area contributed by atoms with E-state index in [1.807, 2.05) is 17.2 Å². The molecule has 46 heavy (non-hydrogen) atoms. The van der Waals surface area contributed by atoms with Gasteiger partial charge in [0.2, 0.25) is 5.82 Å². The van der Waals surface area contributed by atoms with Crippen molar-refractivity contribution < 1.29 is 31.4 Å². The maximum Gasteiger partial charge on any atom is 0.451 e. The summed E-state index contributed by atoms with van der Waals surface area (Å²) < 4.78 is 79.8. The number of H-pyrrole nitrogens is 1. The van der Waals surface area contributed by atoms with Crippen LogP contribution in [0.15, 0.2) is 48.7 Å². The predicted molar refractivity (Wildman–Crippen MR) is 154 cm³/mol. The minimum absolute atomic E-state index is 0.102. The fourth-order valence-electron chi connectivity index (χ4n) is 6.37. The molecule has 3 aliphatic rings. The number of likely N-dealkylation sites (tertiary alicyclic amines) is 1. The van der Waals surface area contributed by atoms with Crippen LogP contribution in [0.2, 0.25) is 0 Å². The number of aromatic nitrogens is 4. The molecule has 2 aromatic heterocycles. The molecule has 0 spiro atoms. The van der Waals surface area contributed by atoms with E-state index in [4.69, 9.17) is 9.47 Å². The second kappa shape index (κ2) is 11.0. The first kappa shape index (κ1) is 30.1. The van der Waals surface area contributed by atoms with Crippen molar-refractivity contribution in [2.75, 3.05) is 13.1 Å². The van der Waals surface area contributed by atoms with Gasteiger partial charge in [-0.2, -0.15) is 23.5 Å². The first-order chi connectivity index (χ1) is 22.0. The number of rotatable bonds is 7. The minimum Gasteiger partial charge on any atom is -0.444 e. The molecule has 1 N–H and O–H groups in total. The van der Waals surface area contributed by atoms with Crippen molar-refractivity contribution in [1.29, 1.82) is 5.26 Å². The zero-order valence-corrected chi connectivity index (χ0v) is 24.8. The Balaban J connectivity index is 1.07. The van der Waals surface area contributed by atoms with Gasteiger partial charge >= 0.3 is 6.18 Å². The number of para-hydroxylation sites is 1. The van der Waals surface area contributed by atoms with E-state index in [1.165, 1.54) is 18.3 Å². The predicted octanol–water partition coefficient (Wildman–Crippen LogP) is 7.03. The summed E-state index contributed by atoms with van der Waals surface area (Å²) in [6.07, 6.45) is 0.406. The van der Waals surface area contributed by atoms with Crippen LogP contribution in [0.3, 0.4) is 0 Å². The van der Waals surface area contributed by atoms with Gasteiger partial charge in [0.25, 0.3) is 5.79 Å². The third-order valence-corrected chi connectivity index (χ3v) is 9.12. The van der Waals surface area contributed by atoms with Gasteiger partial charge in [0.15, 0.2) is 17.3 Å². The molecule has 1 atom stereocenters. The molecule has 8 nitrogen and oxygen atoms in total. The molecule has 2 fully saturated rings. The van der Waals surface area contributed by atoms with Gasteiger partial charge in [-0.25, -0.2) is 13.8 Å². The van der Waals surface area contributed by atoms with E-state index in [2.05, 4.69) is 26.0 Å². The molecule has 2 aliphatic heterocycles. The van der Waals surface area contributed by atoms with Crippen molar-refractivity contribution in [3.05, 3.63) is 88.5 Å². The zero-order valence-electron chi connectivity index (χ0n) is 24.8. The number of hydrogen-bond acceptors (Lipinski definition) is 7. The lowest BCUT2D eigenvalue weighted by Crippen LogP contribution is -2.34. The van der Waals surface area contributed by atoms with Gasteiger partial charge in [0.1, 0.15) is 11.6 Å². The van der Waals surface area contributed by atoms with Crippen LogP contribution in [0.4, 0.5) is 22.0 Å². The van der Waals surface area contributed by atoms with E-state index in [0.29, 0.717) is 30.0 Å². The number of piperidine rings is 1. The van der Waals surface area contributed by atoms with Crippen LogP contribution in [0.5, 0.6) is 11.5 Å². The molecule has 2 aromatic carbocycles. The molecule has 0 radical (unpaired) electrons. The quantitative estimate of drug-likeness (QED) is 0.217. The lowest BCUT2D eigenvalue weighted by Gasteiger charge is -2.33. The first-order valence-corrected chi connectivity index (χ1v) is 15.0. The summed E-state index contributed by atoms with van der Waals surface area (Å²) in [4.78, 5) is 10.5. The smallest absolute Gasteiger partial charge is 0.444 e. The third kappa shape index (κ3) is 5.66. The Hall–Kier alpha value is -4.57. The van der Waals surface area contributed by atoms with Crippen LogP contribution in [0, 0.1) is 28.4 Å². The SMILES string of the molecule is C[C@]1(c2ccc(F)cc2F)Oc2cccc(C3CCN(Cc4ncc(-c5n[nH]c(C(F)(F)F)n5)cc4CC4(C#N)CC4)CC3)c2O1. The van der Waals surface area contributed by atoms with Crippen LogP contribution in [0.1, 0.15) is 66.7 Å². The van der Waals surface area contributed by atoms with Crippen LogP contribution in [-0.4, -0.2) is 38.2 Å². The van der Waals surface area contributed by atoms with Crippen LogP contribution in [-0.2, 0) is 24.9 Å². The van der Waals surface area contributed by atoms with Crippen molar-refractivity contribution in [1.82, 2.24) is 25.1 Å². The third-order valence-electron chi connectivity index (χ3n) is 9.12. The lowest BCUT2D eigenvalue weighted by atomic mass is 9.88. The summed E-state index contributed by atoms with van der Waals surface area (Å²) in [5.41, 5.74) is 2.50. The fourth-order valence-corrected chi connectivity index (χ4v) is 6.37. The number of nitriles is 1. The standard InChI is InChI=1S/C33H29F5N6O2/c1-31(24-6-5-22(34)14-25(24)35)45-27-4-2-3-23(28(27)46-31)19-7-11-44(12-8-19)17-26-20(15-32(18-39)9-10-32)13-21(16-40-26)29-41-30(43-42-29)33(36,37)38/h2-6,13-14,16,19H,7-12,15,17H2,1H3,(H,41,42,43)/t31-/m0/s1. The summed E-state index contributed by atoms with van der Waals surface area (Å²) in [7, 11) is 0. The van der Waals surface area contributed by atoms with Gasteiger partial charge in [0.05, 0.1) is 22.7 Å². The van der Waals surface area contributed by atoms with Gasteiger partial charge in [-0.05, 0) is 80.9 Å². The van der Waals surface area contributed by atoms with Gasteiger partial charge in [-0.3, -0.25) is 15.0 Å². The largest absolute Gasteiger partial charge is 0.451 e. The number of ether oxygens (including phenoxy) is 2. The van der Waals surface area contributed by atoms with E-state index < -0.39 is 34.8 Å². The van der Waals surface area contributed by atoms with Gasteiger partial charge in [-0.1, -0.05) is 12.1 Å². The highest BCUT2D eigenvalue weighted by Crippen LogP contribution is 2.50. The number of fused-ring (bicyclic) bond motifs is 1. The number of halogens is 5. The Morgan fingerprint density at radius 3 is 2.54 bits per heavy atom. The molecule has 0 bridgehead atoms. The molecular weight excluding hydrogens is 607 g/mol. The summed E-state index contributed by atoms with van der Waals surface area (Å²) in [6.45, 7) is 3.60. The number of nitrogens with one attached hydrogen (secondary N) is 1. The topological polar surface area (TPSA) is 100.0 Å². The van der Waals surface area contributed by atoms with E-state index in [1.54, 1.807) is 19.1 Å². The number of hydrogen-bond donors (Lipinski definition) is 1. The highest BCUT2D eigenvalue weighted by atomic mass is 19.4. The average Bonchev–Trinajstić information content (AvgIpc) is 3.42. The summed E-state index contributed by atoms with van der Waals surface area (Å²) >= 11 is 0. The van der Waals surface area contributed by atoms with Crippen molar-refractivity contribution >= 4 is 0 Å². The van der Waals surface area contributed by atoms with Crippen molar-refractivity contribution in [2.24, 2.45) is 5.41 Å². The fraction of sp³-hybridized carbons (Fsp3) is 0.394. The average molecular weight is 637 g/mol. The summed E-state index contributed by atoms with van der Waals surface area (Å²) in [6, 6.07) is 13.1. The van der Waals surface area contributed by atoms with E-state index in [-0.39, 0.29) is 17.3 Å². The van der Waals surface area contributed by atoms with Crippen LogP contribution in [0.25, 0.3) is 11.4 Å².